The fourth-order valence-corrected chi connectivity index (χ4v) is 4.08. The van der Waals surface area contributed by atoms with Crippen LogP contribution >= 0.6 is 0 Å². The van der Waals surface area contributed by atoms with E-state index in [0.717, 1.165) is 54.2 Å². The third kappa shape index (κ3) is 4.33. The molecule has 0 saturated carbocycles. The summed E-state index contributed by atoms with van der Waals surface area (Å²) < 4.78 is 6.17. The van der Waals surface area contributed by atoms with E-state index in [2.05, 4.69) is 89.5 Å². The summed E-state index contributed by atoms with van der Waals surface area (Å²) in [6.07, 6.45) is 0. The first-order valence-electron chi connectivity index (χ1n) is 10.9. The quantitative estimate of drug-likeness (QED) is 0.438. The molecule has 0 atom stereocenters. The van der Waals surface area contributed by atoms with E-state index in [0.29, 0.717) is 6.61 Å². The van der Waals surface area contributed by atoms with Crippen LogP contribution in [0.5, 0.6) is 5.75 Å². The number of hydrogen-bond donors (Lipinski definition) is 0. The highest BCUT2D eigenvalue weighted by Gasteiger charge is 2.19. The normalized spacial score (nSPS) is 14.1. The van der Waals surface area contributed by atoms with Gasteiger partial charge < -0.3 is 14.5 Å². The number of aromatic nitrogens is 1. The van der Waals surface area contributed by atoms with Crippen molar-refractivity contribution in [3.8, 4) is 5.75 Å². The van der Waals surface area contributed by atoms with Crippen LogP contribution in [0.3, 0.4) is 0 Å². The summed E-state index contributed by atoms with van der Waals surface area (Å²) in [5.74, 6) is 1.86. The highest BCUT2D eigenvalue weighted by molar-refractivity contribution is 5.86. The third-order valence-electron chi connectivity index (χ3n) is 5.91. The lowest BCUT2D eigenvalue weighted by Gasteiger charge is -2.36. The van der Waals surface area contributed by atoms with Gasteiger partial charge in [-0.15, -0.1) is 0 Å². The predicted octanol–water partition coefficient (Wildman–Crippen LogP) is 5.45. The SMILES string of the molecule is Cc1ccc(COc2cccc3ccc(N4CCN(c5ccccc5)CC4)nc23)cc1. The molecule has 0 spiro atoms. The molecule has 0 bridgehead atoms. The van der Waals surface area contributed by atoms with Gasteiger partial charge in [0.05, 0.1) is 0 Å². The fourth-order valence-electron chi connectivity index (χ4n) is 4.08. The van der Waals surface area contributed by atoms with Crippen LogP contribution in [0.25, 0.3) is 10.9 Å². The maximum absolute atomic E-state index is 6.17. The van der Waals surface area contributed by atoms with Gasteiger partial charge in [0.1, 0.15) is 23.7 Å². The van der Waals surface area contributed by atoms with Crippen molar-refractivity contribution in [3.05, 3.63) is 96.1 Å². The average molecular weight is 410 g/mol. The predicted molar refractivity (Wildman–Crippen MR) is 128 cm³/mol. The van der Waals surface area contributed by atoms with E-state index in [1.165, 1.54) is 11.3 Å². The Bertz CT molecular complexity index is 1150. The Morgan fingerprint density at radius 2 is 1.48 bits per heavy atom. The molecule has 0 unspecified atom stereocenters. The molecule has 1 aliphatic heterocycles. The Kier molecular flexibility index (Phi) is 5.44. The van der Waals surface area contributed by atoms with Crippen LogP contribution in [0.4, 0.5) is 11.5 Å². The minimum atomic E-state index is 0.543. The zero-order valence-electron chi connectivity index (χ0n) is 17.9. The number of ether oxygens (including phenoxy) is 1. The number of para-hydroxylation sites is 2. The topological polar surface area (TPSA) is 28.6 Å². The van der Waals surface area contributed by atoms with Crippen molar-refractivity contribution >= 4 is 22.4 Å². The van der Waals surface area contributed by atoms with E-state index in [9.17, 15) is 0 Å². The first-order valence-corrected chi connectivity index (χ1v) is 10.9. The van der Waals surface area contributed by atoms with Gasteiger partial charge in [-0.25, -0.2) is 4.98 Å². The average Bonchev–Trinajstić information content (AvgIpc) is 2.84. The van der Waals surface area contributed by atoms with Gasteiger partial charge >= 0.3 is 0 Å². The van der Waals surface area contributed by atoms with E-state index in [-0.39, 0.29) is 0 Å². The summed E-state index contributed by atoms with van der Waals surface area (Å²) in [4.78, 5) is 9.81. The van der Waals surface area contributed by atoms with Gasteiger partial charge in [0.25, 0.3) is 0 Å². The van der Waals surface area contributed by atoms with Gasteiger partial charge in [0.15, 0.2) is 0 Å². The molecule has 1 aliphatic rings. The molecule has 0 N–H and O–H groups in total. The highest BCUT2D eigenvalue weighted by atomic mass is 16.5. The van der Waals surface area contributed by atoms with Crippen LogP contribution in [-0.2, 0) is 6.61 Å². The maximum Gasteiger partial charge on any atom is 0.146 e. The Morgan fingerprint density at radius 1 is 0.742 bits per heavy atom. The van der Waals surface area contributed by atoms with E-state index in [1.54, 1.807) is 0 Å². The minimum Gasteiger partial charge on any atom is -0.487 e. The number of hydrogen-bond acceptors (Lipinski definition) is 4. The number of piperazine rings is 1. The molecule has 5 rings (SSSR count). The van der Waals surface area contributed by atoms with Gasteiger partial charge in [-0.05, 0) is 42.8 Å². The molecule has 2 heterocycles. The molecular weight excluding hydrogens is 382 g/mol. The van der Waals surface area contributed by atoms with Gasteiger partial charge in [-0.2, -0.15) is 0 Å². The second-order valence-electron chi connectivity index (χ2n) is 8.08. The van der Waals surface area contributed by atoms with Crippen LogP contribution in [0.15, 0.2) is 84.9 Å². The molecule has 1 fully saturated rings. The summed E-state index contributed by atoms with van der Waals surface area (Å²) in [6.45, 7) is 6.55. The lowest BCUT2D eigenvalue weighted by molar-refractivity contribution is 0.309. The first-order chi connectivity index (χ1) is 15.3. The van der Waals surface area contributed by atoms with Gasteiger partial charge in [-0.1, -0.05) is 60.2 Å². The van der Waals surface area contributed by atoms with Crippen molar-refractivity contribution < 1.29 is 4.74 Å². The van der Waals surface area contributed by atoms with Crippen LogP contribution in [0.1, 0.15) is 11.1 Å². The number of aryl methyl sites for hydroxylation is 1. The number of benzene rings is 3. The Hall–Kier alpha value is -3.53. The molecule has 0 aliphatic carbocycles. The standard InChI is InChI=1S/C27H27N3O/c1-21-10-12-22(13-11-21)20-31-25-9-5-6-23-14-15-26(28-27(23)25)30-18-16-29(17-19-30)24-7-3-2-4-8-24/h2-15H,16-20H2,1H3. The van der Waals surface area contributed by atoms with Gasteiger partial charge in [0, 0.05) is 37.3 Å². The van der Waals surface area contributed by atoms with Crippen molar-refractivity contribution in [2.24, 2.45) is 0 Å². The summed E-state index contributed by atoms with van der Waals surface area (Å²) in [5.41, 5.74) is 4.64. The second kappa shape index (κ2) is 8.68. The number of anilines is 2. The molecule has 4 nitrogen and oxygen atoms in total. The largest absolute Gasteiger partial charge is 0.487 e. The lowest BCUT2D eigenvalue weighted by atomic mass is 10.1. The van der Waals surface area contributed by atoms with Crippen molar-refractivity contribution in [3.63, 3.8) is 0 Å². The van der Waals surface area contributed by atoms with Crippen molar-refractivity contribution in [2.75, 3.05) is 36.0 Å². The maximum atomic E-state index is 6.17. The summed E-state index contributed by atoms with van der Waals surface area (Å²) in [6, 6.07) is 29.5. The molecule has 31 heavy (non-hydrogen) atoms. The zero-order valence-corrected chi connectivity index (χ0v) is 17.9. The summed E-state index contributed by atoms with van der Waals surface area (Å²) in [5, 5.41) is 1.10. The monoisotopic (exact) mass is 409 g/mol. The zero-order chi connectivity index (χ0) is 21.0. The van der Waals surface area contributed by atoms with Gasteiger partial charge in [0.2, 0.25) is 0 Å². The van der Waals surface area contributed by atoms with Crippen molar-refractivity contribution in [2.45, 2.75) is 13.5 Å². The summed E-state index contributed by atoms with van der Waals surface area (Å²) in [7, 11) is 0. The third-order valence-corrected chi connectivity index (χ3v) is 5.91. The lowest BCUT2D eigenvalue weighted by Crippen LogP contribution is -2.46. The van der Waals surface area contributed by atoms with Crippen LogP contribution in [0.2, 0.25) is 0 Å². The van der Waals surface area contributed by atoms with Crippen LogP contribution < -0.4 is 14.5 Å². The minimum absolute atomic E-state index is 0.543. The molecule has 0 radical (unpaired) electrons. The smallest absolute Gasteiger partial charge is 0.146 e. The van der Waals surface area contributed by atoms with E-state index >= 15 is 0 Å². The molecule has 156 valence electrons. The Labute approximate surface area is 183 Å². The molecule has 4 aromatic rings. The van der Waals surface area contributed by atoms with Crippen molar-refractivity contribution in [1.82, 2.24) is 4.98 Å². The van der Waals surface area contributed by atoms with E-state index in [4.69, 9.17) is 9.72 Å². The molecule has 1 saturated heterocycles. The molecule has 1 aromatic heterocycles. The highest BCUT2D eigenvalue weighted by Crippen LogP contribution is 2.28. The van der Waals surface area contributed by atoms with Crippen molar-refractivity contribution in [1.29, 1.82) is 0 Å². The molecule has 0 amide bonds. The molecular formula is C27H27N3O. The molecule has 4 heteroatoms. The number of fused-ring (bicyclic) bond motifs is 1. The van der Waals surface area contributed by atoms with Crippen LogP contribution in [0, 0.1) is 6.92 Å². The summed E-state index contributed by atoms with van der Waals surface area (Å²) >= 11 is 0. The first kappa shape index (κ1) is 19.4. The Balaban J connectivity index is 1.32. The van der Waals surface area contributed by atoms with Crippen LogP contribution in [-0.4, -0.2) is 31.2 Å². The van der Waals surface area contributed by atoms with Gasteiger partial charge in [-0.3, -0.25) is 0 Å². The van der Waals surface area contributed by atoms with E-state index in [1.807, 2.05) is 12.1 Å². The Morgan fingerprint density at radius 3 is 2.26 bits per heavy atom. The number of pyridine rings is 1. The molecule has 3 aromatic carbocycles. The number of nitrogens with zero attached hydrogens (tertiary/aromatic N) is 3. The number of rotatable bonds is 5. The fraction of sp³-hybridized carbons (Fsp3) is 0.222. The van der Waals surface area contributed by atoms with E-state index < -0.39 is 0 Å². The second-order valence-corrected chi connectivity index (χ2v) is 8.08.